The Bertz CT molecular complexity index is 643. The molecule has 2 rings (SSSR count). The van der Waals surface area contributed by atoms with E-state index in [1.54, 1.807) is 24.3 Å². The molecular weight excluding hydrogens is 365 g/mol. The van der Waals surface area contributed by atoms with Crippen LogP contribution in [0, 0.1) is 0 Å². The summed E-state index contributed by atoms with van der Waals surface area (Å²) in [4.78, 5) is 11.7. The zero-order chi connectivity index (χ0) is 16.2. The van der Waals surface area contributed by atoms with Crippen molar-refractivity contribution in [2.75, 3.05) is 10.6 Å². The molecule has 0 aliphatic heterocycles. The van der Waals surface area contributed by atoms with Gasteiger partial charge < -0.3 is 15.4 Å². The van der Waals surface area contributed by atoms with Gasteiger partial charge in [-0.3, -0.25) is 0 Å². The third kappa shape index (κ3) is 5.28. The average molecular weight is 375 g/mol. The van der Waals surface area contributed by atoms with Crippen molar-refractivity contribution in [1.29, 1.82) is 0 Å². The topological polar surface area (TPSA) is 50.4 Å². The Balaban J connectivity index is 1.93. The number of urea groups is 1. The molecule has 2 amide bonds. The number of carbonyl (C=O) groups is 1. The molecule has 0 unspecified atom stereocenters. The molecule has 2 aromatic carbocycles. The van der Waals surface area contributed by atoms with E-state index in [4.69, 9.17) is 0 Å². The second kappa shape index (κ2) is 6.69. The van der Waals surface area contributed by atoms with Crippen LogP contribution in [0.15, 0.2) is 53.0 Å². The van der Waals surface area contributed by atoms with Gasteiger partial charge in [0, 0.05) is 15.8 Å². The molecule has 0 heterocycles. The lowest BCUT2D eigenvalue weighted by Gasteiger charge is -2.10. The molecule has 2 aromatic rings. The maximum atomic E-state index is 12.0. The number of halogens is 4. The minimum atomic E-state index is -4.74. The van der Waals surface area contributed by atoms with E-state index in [9.17, 15) is 18.0 Å². The van der Waals surface area contributed by atoms with Crippen molar-refractivity contribution in [3.05, 3.63) is 53.0 Å². The lowest BCUT2D eigenvalue weighted by molar-refractivity contribution is -0.274. The fourth-order valence-corrected chi connectivity index (χ4v) is 1.83. The van der Waals surface area contributed by atoms with Gasteiger partial charge in [0.05, 0.1) is 0 Å². The number of carbonyl (C=O) groups excluding carboxylic acids is 1. The summed E-state index contributed by atoms with van der Waals surface area (Å²) in [6.07, 6.45) is -4.74. The summed E-state index contributed by atoms with van der Waals surface area (Å²) < 4.78 is 40.7. The van der Waals surface area contributed by atoms with Crippen LogP contribution in [-0.2, 0) is 0 Å². The molecule has 0 radical (unpaired) electrons. The summed E-state index contributed by atoms with van der Waals surface area (Å²) in [5.41, 5.74) is 0.918. The van der Waals surface area contributed by atoms with Gasteiger partial charge in [-0.1, -0.05) is 15.9 Å². The van der Waals surface area contributed by atoms with E-state index in [1.807, 2.05) is 0 Å². The summed E-state index contributed by atoms with van der Waals surface area (Å²) in [6.45, 7) is 0. The van der Waals surface area contributed by atoms with Crippen LogP contribution in [0.5, 0.6) is 5.75 Å². The van der Waals surface area contributed by atoms with Crippen LogP contribution in [0.1, 0.15) is 0 Å². The van der Waals surface area contributed by atoms with Gasteiger partial charge in [-0.05, 0) is 48.5 Å². The van der Waals surface area contributed by atoms with Crippen molar-refractivity contribution in [2.45, 2.75) is 6.36 Å². The first-order valence-electron chi connectivity index (χ1n) is 6.01. The second-order valence-electron chi connectivity index (χ2n) is 4.16. The average Bonchev–Trinajstić information content (AvgIpc) is 2.42. The quantitative estimate of drug-likeness (QED) is 0.794. The van der Waals surface area contributed by atoms with E-state index in [1.165, 1.54) is 12.1 Å². The third-order valence-corrected chi connectivity index (χ3v) is 2.98. The van der Waals surface area contributed by atoms with Crippen LogP contribution in [0.2, 0.25) is 0 Å². The highest BCUT2D eigenvalue weighted by atomic mass is 79.9. The van der Waals surface area contributed by atoms with E-state index in [2.05, 4.69) is 31.3 Å². The van der Waals surface area contributed by atoms with Crippen LogP contribution >= 0.6 is 15.9 Å². The van der Waals surface area contributed by atoms with Gasteiger partial charge in [-0.15, -0.1) is 13.2 Å². The fraction of sp³-hybridized carbons (Fsp3) is 0.0714. The van der Waals surface area contributed by atoms with Crippen LogP contribution in [-0.4, -0.2) is 12.4 Å². The number of alkyl halides is 3. The smallest absolute Gasteiger partial charge is 0.406 e. The number of hydrogen-bond donors (Lipinski definition) is 2. The second-order valence-corrected chi connectivity index (χ2v) is 5.07. The van der Waals surface area contributed by atoms with Gasteiger partial charge in [-0.2, -0.15) is 0 Å². The summed E-state index contributed by atoms with van der Waals surface area (Å²) >= 11 is 3.27. The van der Waals surface area contributed by atoms with Crippen LogP contribution < -0.4 is 15.4 Å². The van der Waals surface area contributed by atoms with Gasteiger partial charge >= 0.3 is 12.4 Å². The van der Waals surface area contributed by atoms with E-state index >= 15 is 0 Å². The largest absolute Gasteiger partial charge is 0.573 e. The van der Waals surface area contributed by atoms with Gasteiger partial charge in [0.25, 0.3) is 0 Å². The van der Waals surface area contributed by atoms with E-state index in [-0.39, 0.29) is 5.75 Å². The number of hydrogen-bond acceptors (Lipinski definition) is 2. The standard InChI is InChI=1S/C14H10BrF3N2O2/c15-9-1-3-10(4-2-9)19-13(21)20-11-5-7-12(8-6-11)22-14(16,17)18/h1-8H,(H2,19,20,21). The van der Waals surface area contributed by atoms with Crippen LogP contribution in [0.4, 0.5) is 29.3 Å². The van der Waals surface area contributed by atoms with E-state index in [0.717, 1.165) is 16.6 Å². The molecule has 0 aliphatic rings. The molecule has 0 aromatic heterocycles. The normalized spacial score (nSPS) is 10.9. The minimum absolute atomic E-state index is 0.337. The van der Waals surface area contributed by atoms with Crippen molar-refractivity contribution in [3.8, 4) is 5.75 Å². The molecule has 0 atom stereocenters. The van der Waals surface area contributed by atoms with Crippen molar-refractivity contribution < 1.29 is 22.7 Å². The predicted molar refractivity (Wildman–Crippen MR) is 79.9 cm³/mol. The van der Waals surface area contributed by atoms with Gasteiger partial charge in [0.15, 0.2) is 0 Å². The molecule has 0 saturated carbocycles. The number of rotatable bonds is 3. The maximum Gasteiger partial charge on any atom is 0.573 e. The lowest BCUT2D eigenvalue weighted by Crippen LogP contribution is -2.19. The number of amides is 2. The molecule has 0 saturated heterocycles. The Morgan fingerprint density at radius 1 is 0.909 bits per heavy atom. The van der Waals surface area contributed by atoms with Gasteiger partial charge in [0.2, 0.25) is 0 Å². The molecule has 0 bridgehead atoms. The molecule has 0 fully saturated rings. The maximum absolute atomic E-state index is 12.0. The first-order chi connectivity index (χ1) is 10.3. The first-order valence-corrected chi connectivity index (χ1v) is 6.80. The van der Waals surface area contributed by atoms with E-state index in [0.29, 0.717) is 11.4 Å². The summed E-state index contributed by atoms with van der Waals surface area (Å²) in [6, 6.07) is 11.3. The van der Waals surface area contributed by atoms with Gasteiger partial charge in [0.1, 0.15) is 5.75 Å². The molecule has 22 heavy (non-hydrogen) atoms. The highest BCUT2D eigenvalue weighted by molar-refractivity contribution is 9.10. The van der Waals surface area contributed by atoms with Crippen molar-refractivity contribution in [2.24, 2.45) is 0 Å². The number of nitrogens with one attached hydrogen (secondary N) is 2. The number of benzene rings is 2. The highest BCUT2D eigenvalue weighted by Gasteiger charge is 2.30. The summed E-state index contributed by atoms with van der Waals surface area (Å²) in [5.74, 6) is -0.355. The fourth-order valence-electron chi connectivity index (χ4n) is 1.57. The van der Waals surface area contributed by atoms with Crippen molar-refractivity contribution >= 4 is 33.3 Å². The van der Waals surface area contributed by atoms with Crippen LogP contribution in [0.25, 0.3) is 0 Å². The highest BCUT2D eigenvalue weighted by Crippen LogP contribution is 2.24. The molecule has 8 heteroatoms. The van der Waals surface area contributed by atoms with Gasteiger partial charge in [-0.25, -0.2) is 4.79 Å². The SMILES string of the molecule is O=C(Nc1ccc(Br)cc1)Nc1ccc(OC(F)(F)F)cc1. The Labute approximate surface area is 132 Å². The molecule has 2 N–H and O–H groups in total. The Hall–Kier alpha value is -2.22. The molecule has 116 valence electrons. The molecule has 4 nitrogen and oxygen atoms in total. The zero-order valence-electron chi connectivity index (χ0n) is 10.9. The van der Waals surface area contributed by atoms with E-state index < -0.39 is 12.4 Å². The Morgan fingerprint density at radius 2 is 1.36 bits per heavy atom. The number of anilines is 2. The predicted octanol–water partition coefficient (Wildman–Crippen LogP) is 4.99. The Kier molecular flexibility index (Phi) is 4.92. The summed E-state index contributed by atoms with van der Waals surface area (Å²) in [5, 5.41) is 5.08. The lowest BCUT2D eigenvalue weighted by atomic mass is 10.3. The molecule has 0 aliphatic carbocycles. The van der Waals surface area contributed by atoms with Crippen molar-refractivity contribution in [1.82, 2.24) is 0 Å². The Morgan fingerprint density at radius 3 is 1.82 bits per heavy atom. The molecular formula is C14H10BrF3N2O2. The van der Waals surface area contributed by atoms with Crippen molar-refractivity contribution in [3.63, 3.8) is 0 Å². The zero-order valence-corrected chi connectivity index (χ0v) is 12.5. The first kappa shape index (κ1) is 16.2. The minimum Gasteiger partial charge on any atom is -0.406 e. The monoisotopic (exact) mass is 374 g/mol. The summed E-state index contributed by atoms with van der Waals surface area (Å²) in [7, 11) is 0. The van der Waals surface area contributed by atoms with Crippen LogP contribution in [0.3, 0.4) is 0 Å². The third-order valence-electron chi connectivity index (χ3n) is 2.45. The molecule has 0 spiro atoms. The number of ether oxygens (including phenoxy) is 1.